The largest absolute Gasteiger partial charge is 0.383 e. The van der Waals surface area contributed by atoms with Gasteiger partial charge in [0.2, 0.25) is 5.91 Å². The van der Waals surface area contributed by atoms with E-state index >= 15 is 0 Å². The highest BCUT2D eigenvalue weighted by Gasteiger charge is 2.05. The normalized spacial score (nSPS) is 14.4. The zero-order valence-corrected chi connectivity index (χ0v) is 13.1. The van der Waals surface area contributed by atoms with Gasteiger partial charge in [0.05, 0.1) is 10.7 Å². The van der Waals surface area contributed by atoms with Crippen LogP contribution in [-0.4, -0.2) is 19.0 Å². The standard InChI is InChI=1S/C17H23ClN2O/c18-15-8-4-5-9-16(15)19-13-11-17(21)20-12-10-14-6-2-1-3-7-14/h4-6,8-9,19H,1-3,7,10-13H2,(H,20,21). The second-order valence-electron chi connectivity index (χ2n) is 5.36. The van der Waals surface area contributed by atoms with Crippen LogP contribution in [0.1, 0.15) is 38.5 Å². The van der Waals surface area contributed by atoms with E-state index in [1.54, 1.807) is 0 Å². The van der Waals surface area contributed by atoms with Crippen LogP contribution in [0.25, 0.3) is 0 Å². The van der Waals surface area contributed by atoms with Crippen LogP contribution in [0.5, 0.6) is 0 Å². The Hall–Kier alpha value is -1.48. The van der Waals surface area contributed by atoms with Gasteiger partial charge in [-0.25, -0.2) is 0 Å². The third-order valence-corrected chi connectivity index (χ3v) is 4.02. The Morgan fingerprint density at radius 1 is 1.19 bits per heavy atom. The summed E-state index contributed by atoms with van der Waals surface area (Å²) in [6, 6.07) is 7.56. The van der Waals surface area contributed by atoms with Crippen molar-refractivity contribution in [1.29, 1.82) is 0 Å². The van der Waals surface area contributed by atoms with Gasteiger partial charge in [0.1, 0.15) is 0 Å². The maximum Gasteiger partial charge on any atom is 0.221 e. The molecule has 21 heavy (non-hydrogen) atoms. The van der Waals surface area contributed by atoms with Gasteiger partial charge in [-0.2, -0.15) is 0 Å². The first-order chi connectivity index (χ1) is 10.3. The summed E-state index contributed by atoms with van der Waals surface area (Å²) in [4.78, 5) is 11.8. The fraction of sp³-hybridized carbons (Fsp3) is 0.471. The van der Waals surface area contributed by atoms with Crippen molar-refractivity contribution in [3.63, 3.8) is 0 Å². The Balaban J connectivity index is 1.59. The van der Waals surface area contributed by atoms with Crippen molar-refractivity contribution < 1.29 is 4.79 Å². The summed E-state index contributed by atoms with van der Waals surface area (Å²) in [7, 11) is 0. The second kappa shape index (κ2) is 8.73. The van der Waals surface area contributed by atoms with Crippen LogP contribution in [0.15, 0.2) is 35.9 Å². The van der Waals surface area contributed by atoms with Crippen LogP contribution in [0, 0.1) is 0 Å². The van der Waals surface area contributed by atoms with E-state index in [9.17, 15) is 4.79 Å². The van der Waals surface area contributed by atoms with Gasteiger partial charge in [0.25, 0.3) is 0 Å². The highest BCUT2D eigenvalue weighted by molar-refractivity contribution is 6.33. The lowest BCUT2D eigenvalue weighted by molar-refractivity contribution is -0.120. The van der Waals surface area contributed by atoms with Gasteiger partial charge in [-0.15, -0.1) is 0 Å². The zero-order valence-electron chi connectivity index (χ0n) is 12.3. The summed E-state index contributed by atoms with van der Waals surface area (Å²) in [6.07, 6.45) is 8.78. The van der Waals surface area contributed by atoms with Crippen molar-refractivity contribution in [3.8, 4) is 0 Å². The minimum Gasteiger partial charge on any atom is -0.383 e. The number of anilines is 1. The number of rotatable bonds is 7. The molecule has 1 aliphatic carbocycles. The maximum atomic E-state index is 11.8. The summed E-state index contributed by atoms with van der Waals surface area (Å²) in [5.41, 5.74) is 2.37. The Bertz CT molecular complexity index is 499. The van der Waals surface area contributed by atoms with Gasteiger partial charge in [0, 0.05) is 19.5 Å². The van der Waals surface area contributed by atoms with Crippen LogP contribution in [0.2, 0.25) is 5.02 Å². The van der Waals surface area contributed by atoms with Crippen molar-refractivity contribution in [2.45, 2.75) is 38.5 Å². The average Bonchev–Trinajstić information content (AvgIpc) is 2.50. The van der Waals surface area contributed by atoms with Crippen molar-refractivity contribution >= 4 is 23.2 Å². The molecule has 0 atom stereocenters. The molecule has 0 fully saturated rings. The molecule has 0 unspecified atom stereocenters. The third-order valence-electron chi connectivity index (χ3n) is 3.69. The Morgan fingerprint density at radius 3 is 2.81 bits per heavy atom. The Labute approximate surface area is 131 Å². The minimum absolute atomic E-state index is 0.0889. The number of hydrogen-bond donors (Lipinski definition) is 2. The molecule has 2 rings (SSSR count). The van der Waals surface area contributed by atoms with E-state index < -0.39 is 0 Å². The van der Waals surface area contributed by atoms with Crippen LogP contribution >= 0.6 is 11.6 Å². The fourth-order valence-electron chi connectivity index (χ4n) is 2.50. The number of hydrogen-bond acceptors (Lipinski definition) is 2. The van der Waals surface area contributed by atoms with E-state index in [4.69, 9.17) is 11.6 Å². The molecule has 0 aromatic heterocycles. The molecule has 2 N–H and O–H groups in total. The highest BCUT2D eigenvalue weighted by Crippen LogP contribution is 2.20. The van der Waals surface area contributed by atoms with Crippen molar-refractivity contribution in [2.24, 2.45) is 0 Å². The van der Waals surface area contributed by atoms with E-state index in [0.29, 0.717) is 18.0 Å². The number of allylic oxidation sites excluding steroid dienone is 1. The summed E-state index contributed by atoms with van der Waals surface area (Å²) < 4.78 is 0. The quantitative estimate of drug-likeness (QED) is 0.743. The fourth-order valence-corrected chi connectivity index (χ4v) is 2.70. The molecule has 1 aromatic rings. The summed E-state index contributed by atoms with van der Waals surface area (Å²) >= 11 is 6.04. The lowest BCUT2D eigenvalue weighted by Crippen LogP contribution is -2.26. The molecule has 114 valence electrons. The predicted molar refractivity (Wildman–Crippen MR) is 88.7 cm³/mol. The Morgan fingerprint density at radius 2 is 2.05 bits per heavy atom. The van der Waals surface area contributed by atoms with E-state index in [1.807, 2.05) is 24.3 Å². The average molecular weight is 307 g/mol. The smallest absolute Gasteiger partial charge is 0.221 e. The van der Waals surface area contributed by atoms with Crippen molar-refractivity contribution in [2.75, 3.05) is 18.4 Å². The van der Waals surface area contributed by atoms with Gasteiger partial charge < -0.3 is 10.6 Å². The first-order valence-corrected chi connectivity index (χ1v) is 8.06. The van der Waals surface area contributed by atoms with Crippen LogP contribution in [0.3, 0.4) is 0 Å². The minimum atomic E-state index is 0.0889. The van der Waals surface area contributed by atoms with Gasteiger partial charge in [-0.1, -0.05) is 35.4 Å². The number of benzene rings is 1. The van der Waals surface area contributed by atoms with E-state index in [1.165, 1.54) is 31.3 Å². The number of carbonyl (C=O) groups excluding carboxylic acids is 1. The number of carbonyl (C=O) groups is 1. The lowest BCUT2D eigenvalue weighted by Gasteiger charge is -2.13. The van der Waals surface area contributed by atoms with Crippen LogP contribution in [-0.2, 0) is 4.79 Å². The molecule has 0 heterocycles. The molecule has 0 aliphatic heterocycles. The number of nitrogens with one attached hydrogen (secondary N) is 2. The molecule has 1 aromatic carbocycles. The first-order valence-electron chi connectivity index (χ1n) is 7.69. The van der Waals surface area contributed by atoms with Crippen molar-refractivity contribution in [3.05, 3.63) is 40.9 Å². The SMILES string of the molecule is O=C(CCNc1ccccc1Cl)NCCC1=CCCCC1. The molecule has 0 saturated carbocycles. The van der Waals surface area contributed by atoms with E-state index in [2.05, 4.69) is 16.7 Å². The lowest BCUT2D eigenvalue weighted by atomic mass is 9.97. The van der Waals surface area contributed by atoms with Gasteiger partial charge >= 0.3 is 0 Å². The second-order valence-corrected chi connectivity index (χ2v) is 5.77. The van der Waals surface area contributed by atoms with Crippen molar-refractivity contribution in [1.82, 2.24) is 5.32 Å². The zero-order chi connectivity index (χ0) is 14.9. The number of halogens is 1. The molecule has 0 bridgehead atoms. The molecule has 1 amide bonds. The van der Waals surface area contributed by atoms with Crippen LogP contribution < -0.4 is 10.6 Å². The van der Waals surface area contributed by atoms with Crippen LogP contribution in [0.4, 0.5) is 5.69 Å². The molecular formula is C17H23ClN2O. The summed E-state index contributed by atoms with van der Waals surface area (Å²) in [5, 5.41) is 6.84. The predicted octanol–water partition coefficient (Wildman–Crippen LogP) is 4.15. The van der Waals surface area contributed by atoms with E-state index in [-0.39, 0.29) is 5.91 Å². The molecule has 0 spiro atoms. The van der Waals surface area contributed by atoms with E-state index in [0.717, 1.165) is 18.7 Å². The van der Waals surface area contributed by atoms with Gasteiger partial charge in [-0.3, -0.25) is 4.79 Å². The highest BCUT2D eigenvalue weighted by atomic mass is 35.5. The third kappa shape index (κ3) is 5.80. The number of amides is 1. The summed E-state index contributed by atoms with van der Waals surface area (Å²) in [5.74, 6) is 0.0889. The molecular weight excluding hydrogens is 284 g/mol. The molecule has 4 heteroatoms. The molecule has 0 saturated heterocycles. The Kier molecular flexibility index (Phi) is 6.61. The first kappa shape index (κ1) is 15.9. The monoisotopic (exact) mass is 306 g/mol. The van der Waals surface area contributed by atoms with Gasteiger partial charge in [0.15, 0.2) is 0 Å². The molecule has 3 nitrogen and oxygen atoms in total. The number of para-hydroxylation sites is 1. The van der Waals surface area contributed by atoms with Gasteiger partial charge in [-0.05, 0) is 44.2 Å². The maximum absolute atomic E-state index is 11.8. The molecule has 0 radical (unpaired) electrons. The topological polar surface area (TPSA) is 41.1 Å². The molecule has 1 aliphatic rings. The summed E-state index contributed by atoms with van der Waals surface area (Å²) in [6.45, 7) is 1.34.